The number of likely N-dealkylation sites (tertiary alicyclic amines) is 1. The topological polar surface area (TPSA) is 67.2 Å². The van der Waals surface area contributed by atoms with Gasteiger partial charge in [0.1, 0.15) is 0 Å². The van der Waals surface area contributed by atoms with Crippen molar-refractivity contribution in [3.8, 4) is 5.69 Å². The maximum Gasteiger partial charge on any atom is 0.229 e. The second-order valence-electron chi connectivity index (χ2n) is 6.23. The number of aromatic nitrogens is 2. The predicted molar refractivity (Wildman–Crippen MR) is 91.9 cm³/mol. The molecule has 0 aliphatic carbocycles. The highest BCUT2D eigenvalue weighted by Gasteiger charge is 2.27. The number of aryl methyl sites for hydroxylation is 1. The third kappa shape index (κ3) is 3.48. The minimum Gasteiger partial charge on any atom is -0.342 e. The summed E-state index contributed by atoms with van der Waals surface area (Å²) < 4.78 is 1.83. The van der Waals surface area contributed by atoms with Crippen LogP contribution >= 0.6 is 0 Å². The van der Waals surface area contributed by atoms with Gasteiger partial charge in [-0.1, -0.05) is 6.07 Å². The van der Waals surface area contributed by atoms with Crippen LogP contribution < -0.4 is 5.32 Å². The number of piperidine rings is 1. The van der Waals surface area contributed by atoms with Crippen molar-refractivity contribution in [3.63, 3.8) is 0 Å². The van der Waals surface area contributed by atoms with Crippen LogP contribution in [-0.4, -0.2) is 39.6 Å². The zero-order valence-electron chi connectivity index (χ0n) is 14.0. The molecule has 1 saturated heterocycles. The van der Waals surface area contributed by atoms with Crippen molar-refractivity contribution < 1.29 is 9.59 Å². The van der Waals surface area contributed by atoms with Gasteiger partial charge in [0.2, 0.25) is 11.8 Å². The molecule has 0 unspecified atom stereocenters. The van der Waals surface area contributed by atoms with Crippen molar-refractivity contribution in [2.75, 3.05) is 18.4 Å². The first-order valence-electron chi connectivity index (χ1n) is 8.22. The molecule has 6 nitrogen and oxygen atoms in total. The minimum atomic E-state index is -0.155. The number of nitrogens with one attached hydrogen (secondary N) is 1. The van der Waals surface area contributed by atoms with Gasteiger partial charge in [-0.15, -0.1) is 0 Å². The van der Waals surface area contributed by atoms with Gasteiger partial charge in [-0.05, 0) is 44.0 Å². The minimum absolute atomic E-state index is 0.0312. The summed E-state index contributed by atoms with van der Waals surface area (Å²) in [7, 11) is 0. The number of carbonyl (C=O) groups excluding carboxylic acids is 2. The average Bonchev–Trinajstić information content (AvgIpc) is 3.01. The molecule has 1 aromatic heterocycles. The highest BCUT2D eigenvalue weighted by Crippen LogP contribution is 2.20. The molecule has 1 aromatic carbocycles. The smallest absolute Gasteiger partial charge is 0.229 e. The van der Waals surface area contributed by atoms with Crippen LogP contribution in [0.2, 0.25) is 0 Å². The molecular weight excluding hydrogens is 304 g/mol. The van der Waals surface area contributed by atoms with E-state index < -0.39 is 0 Å². The quantitative estimate of drug-likeness (QED) is 0.941. The highest BCUT2D eigenvalue weighted by atomic mass is 16.2. The molecule has 24 heavy (non-hydrogen) atoms. The van der Waals surface area contributed by atoms with Gasteiger partial charge < -0.3 is 10.2 Å². The van der Waals surface area contributed by atoms with E-state index in [1.807, 2.05) is 41.9 Å². The van der Waals surface area contributed by atoms with Crippen LogP contribution in [0.3, 0.4) is 0 Å². The zero-order chi connectivity index (χ0) is 17.1. The Kier molecular flexibility index (Phi) is 4.64. The summed E-state index contributed by atoms with van der Waals surface area (Å²) in [5.41, 5.74) is 2.68. The number of nitrogens with zero attached hydrogens (tertiary/aromatic N) is 3. The van der Waals surface area contributed by atoms with Crippen molar-refractivity contribution in [3.05, 3.63) is 42.2 Å². The van der Waals surface area contributed by atoms with Gasteiger partial charge in [0.25, 0.3) is 0 Å². The number of benzene rings is 1. The monoisotopic (exact) mass is 326 g/mol. The van der Waals surface area contributed by atoms with E-state index in [9.17, 15) is 9.59 Å². The largest absolute Gasteiger partial charge is 0.342 e. The summed E-state index contributed by atoms with van der Waals surface area (Å²) in [6, 6.07) is 9.56. The summed E-state index contributed by atoms with van der Waals surface area (Å²) in [4.78, 5) is 25.8. The lowest BCUT2D eigenvalue weighted by Gasteiger charge is -2.31. The number of hydrogen-bond donors (Lipinski definition) is 1. The third-order valence-electron chi connectivity index (χ3n) is 4.43. The van der Waals surface area contributed by atoms with E-state index in [1.165, 1.54) is 0 Å². The molecule has 1 N–H and O–H groups in total. The van der Waals surface area contributed by atoms with E-state index in [2.05, 4.69) is 10.4 Å². The second-order valence-corrected chi connectivity index (χ2v) is 6.23. The fraction of sp³-hybridized carbons (Fsp3) is 0.389. The van der Waals surface area contributed by atoms with E-state index in [1.54, 1.807) is 18.0 Å². The first kappa shape index (κ1) is 16.2. The van der Waals surface area contributed by atoms with Crippen LogP contribution in [0.25, 0.3) is 5.69 Å². The van der Waals surface area contributed by atoms with Gasteiger partial charge in [-0.25, -0.2) is 4.68 Å². The Balaban J connectivity index is 1.71. The van der Waals surface area contributed by atoms with Crippen molar-refractivity contribution in [2.24, 2.45) is 5.92 Å². The van der Waals surface area contributed by atoms with Crippen molar-refractivity contribution in [2.45, 2.75) is 26.7 Å². The molecular formula is C18H22N4O2. The molecule has 6 heteroatoms. The van der Waals surface area contributed by atoms with E-state index in [0.717, 1.165) is 36.5 Å². The molecule has 1 aliphatic heterocycles. The first-order chi connectivity index (χ1) is 11.5. The molecule has 126 valence electrons. The van der Waals surface area contributed by atoms with Crippen LogP contribution in [0.4, 0.5) is 5.69 Å². The summed E-state index contributed by atoms with van der Waals surface area (Å²) >= 11 is 0. The molecule has 2 amide bonds. The van der Waals surface area contributed by atoms with Crippen LogP contribution in [0, 0.1) is 12.8 Å². The lowest BCUT2D eigenvalue weighted by molar-refractivity contribution is -0.132. The van der Waals surface area contributed by atoms with E-state index >= 15 is 0 Å². The molecule has 2 heterocycles. The van der Waals surface area contributed by atoms with E-state index in [4.69, 9.17) is 0 Å². The molecule has 1 fully saturated rings. The van der Waals surface area contributed by atoms with Crippen LogP contribution in [0.1, 0.15) is 25.5 Å². The Morgan fingerprint density at radius 2 is 2.12 bits per heavy atom. The SMILES string of the molecule is CC(=O)N1CCC[C@@H](C(=O)Nc2cccc(-n3nccc3C)c2)C1. The van der Waals surface area contributed by atoms with E-state index in [0.29, 0.717) is 6.54 Å². The summed E-state index contributed by atoms with van der Waals surface area (Å²) in [6.07, 6.45) is 3.43. The van der Waals surface area contributed by atoms with Gasteiger partial charge in [0.15, 0.2) is 0 Å². The van der Waals surface area contributed by atoms with Crippen molar-refractivity contribution in [1.29, 1.82) is 0 Å². The summed E-state index contributed by atoms with van der Waals surface area (Å²) in [5, 5.41) is 7.26. The Morgan fingerprint density at radius 1 is 1.29 bits per heavy atom. The van der Waals surface area contributed by atoms with Gasteiger partial charge in [0, 0.05) is 37.6 Å². The second kappa shape index (κ2) is 6.86. The molecule has 0 radical (unpaired) electrons. The van der Waals surface area contributed by atoms with Crippen LogP contribution in [0.5, 0.6) is 0 Å². The fourth-order valence-electron chi connectivity index (χ4n) is 3.08. The third-order valence-corrected chi connectivity index (χ3v) is 4.43. The van der Waals surface area contributed by atoms with Gasteiger partial charge in [0.05, 0.1) is 11.6 Å². The lowest BCUT2D eigenvalue weighted by atomic mass is 9.97. The number of rotatable bonds is 3. The average molecular weight is 326 g/mol. The molecule has 1 atom stereocenters. The molecule has 2 aromatic rings. The number of anilines is 1. The Morgan fingerprint density at radius 3 is 2.83 bits per heavy atom. The molecule has 0 bridgehead atoms. The number of carbonyl (C=O) groups is 2. The number of hydrogen-bond acceptors (Lipinski definition) is 3. The molecule has 1 aliphatic rings. The summed E-state index contributed by atoms with van der Waals surface area (Å²) in [6.45, 7) is 4.78. The number of amides is 2. The Hall–Kier alpha value is -2.63. The maximum absolute atomic E-state index is 12.5. The molecule has 0 saturated carbocycles. The normalized spacial score (nSPS) is 17.6. The van der Waals surface area contributed by atoms with E-state index in [-0.39, 0.29) is 17.7 Å². The van der Waals surface area contributed by atoms with Gasteiger partial charge in [-0.2, -0.15) is 5.10 Å². The van der Waals surface area contributed by atoms with Crippen molar-refractivity contribution in [1.82, 2.24) is 14.7 Å². The van der Waals surface area contributed by atoms with Crippen LogP contribution in [0.15, 0.2) is 36.5 Å². The standard InChI is InChI=1S/C18H22N4O2/c1-13-8-9-19-22(13)17-7-3-6-16(11-17)20-18(24)15-5-4-10-21(12-15)14(2)23/h3,6-9,11,15H,4-5,10,12H2,1-2H3,(H,20,24)/t15-/m1/s1. The lowest BCUT2D eigenvalue weighted by Crippen LogP contribution is -2.42. The predicted octanol–water partition coefficient (Wildman–Crippen LogP) is 2.38. The molecule has 0 spiro atoms. The molecule has 3 rings (SSSR count). The summed E-state index contributed by atoms with van der Waals surface area (Å²) in [5.74, 6) is -0.156. The van der Waals surface area contributed by atoms with Crippen molar-refractivity contribution >= 4 is 17.5 Å². The Labute approximate surface area is 141 Å². The van der Waals surface area contributed by atoms with Gasteiger partial charge >= 0.3 is 0 Å². The fourth-order valence-corrected chi connectivity index (χ4v) is 3.08. The first-order valence-corrected chi connectivity index (χ1v) is 8.22. The van der Waals surface area contributed by atoms with Crippen LogP contribution in [-0.2, 0) is 9.59 Å². The Bertz CT molecular complexity index is 753. The zero-order valence-corrected chi connectivity index (χ0v) is 14.0. The highest BCUT2D eigenvalue weighted by molar-refractivity contribution is 5.93. The maximum atomic E-state index is 12.5. The van der Waals surface area contributed by atoms with Gasteiger partial charge in [-0.3, -0.25) is 9.59 Å².